The first-order chi connectivity index (χ1) is 19.9. The first-order valence-electron chi connectivity index (χ1n) is 12.9. The molecule has 0 saturated heterocycles. The van der Waals surface area contributed by atoms with Crippen molar-refractivity contribution in [2.75, 3.05) is 27.9 Å². The first kappa shape index (κ1) is 33.3. The Bertz CT molecular complexity index is 1270. The maximum absolute atomic E-state index is 13.7. The largest absolute Gasteiger partial charge is 0.493 e. The van der Waals surface area contributed by atoms with Crippen LogP contribution in [0.5, 0.6) is 17.2 Å². The predicted molar refractivity (Wildman–Crippen MR) is 149 cm³/mol. The number of carboxylic acids is 1. The zero-order valence-corrected chi connectivity index (χ0v) is 24.0. The van der Waals surface area contributed by atoms with Crippen molar-refractivity contribution in [1.82, 2.24) is 15.5 Å². The third-order valence-corrected chi connectivity index (χ3v) is 6.12. The number of amides is 3. The summed E-state index contributed by atoms with van der Waals surface area (Å²) >= 11 is 0. The number of aldehydes is 1. The van der Waals surface area contributed by atoms with Gasteiger partial charge in [-0.2, -0.15) is 0 Å². The molecule has 13 nitrogen and oxygen atoms in total. The van der Waals surface area contributed by atoms with Gasteiger partial charge in [-0.3, -0.25) is 24.0 Å². The lowest BCUT2D eigenvalue weighted by atomic mass is 10.0. The molecule has 0 aliphatic heterocycles. The molecule has 0 radical (unpaired) electrons. The number of benzene rings is 2. The number of nitrogens with one attached hydrogen (secondary N) is 2. The summed E-state index contributed by atoms with van der Waals surface area (Å²) < 4.78 is 15.7. The minimum atomic E-state index is -1.29. The minimum Gasteiger partial charge on any atom is -0.493 e. The highest BCUT2D eigenvalue weighted by atomic mass is 16.5. The Kier molecular flexibility index (Phi) is 12.5. The van der Waals surface area contributed by atoms with Gasteiger partial charge in [-0.15, -0.1) is 0 Å². The van der Waals surface area contributed by atoms with Crippen molar-refractivity contribution in [1.29, 1.82) is 0 Å². The van der Waals surface area contributed by atoms with Crippen LogP contribution in [0.4, 0.5) is 0 Å². The number of aliphatic carboxylic acids is 1. The minimum absolute atomic E-state index is 0.0440. The summed E-state index contributed by atoms with van der Waals surface area (Å²) in [7, 11) is 4.10. The van der Waals surface area contributed by atoms with E-state index in [1.165, 1.54) is 33.5 Å². The number of hydrogen-bond donors (Lipinski definition) is 3. The Morgan fingerprint density at radius 1 is 0.929 bits per heavy atom. The van der Waals surface area contributed by atoms with Gasteiger partial charge in [-0.1, -0.05) is 44.2 Å². The van der Waals surface area contributed by atoms with E-state index in [-0.39, 0.29) is 29.4 Å². The quantitative estimate of drug-likeness (QED) is 0.147. The highest BCUT2D eigenvalue weighted by molar-refractivity contribution is 6.43. The van der Waals surface area contributed by atoms with E-state index < -0.39 is 60.4 Å². The van der Waals surface area contributed by atoms with Crippen LogP contribution in [0.3, 0.4) is 0 Å². The fourth-order valence-corrected chi connectivity index (χ4v) is 4.02. The Labute approximate surface area is 243 Å². The summed E-state index contributed by atoms with van der Waals surface area (Å²) in [6.45, 7) is 2.72. The third-order valence-electron chi connectivity index (χ3n) is 6.12. The maximum atomic E-state index is 13.7. The molecule has 2 atom stereocenters. The summed E-state index contributed by atoms with van der Waals surface area (Å²) in [6.07, 6.45) is -0.336. The predicted octanol–water partition coefficient (Wildman–Crippen LogP) is 1.22. The van der Waals surface area contributed by atoms with Crippen LogP contribution in [0.1, 0.15) is 36.2 Å². The molecule has 13 heteroatoms. The molecule has 0 fully saturated rings. The lowest BCUT2D eigenvalue weighted by Gasteiger charge is -2.30. The monoisotopic (exact) mass is 585 g/mol. The number of methoxy groups -OCH3 is 3. The second kappa shape index (κ2) is 15.7. The van der Waals surface area contributed by atoms with E-state index in [0.29, 0.717) is 11.8 Å². The van der Waals surface area contributed by atoms with E-state index in [1.54, 1.807) is 44.2 Å². The number of Topliss-reactive ketones (excluding diaryl/α,β-unsaturated/α-hetero) is 1. The summed E-state index contributed by atoms with van der Waals surface area (Å²) in [5, 5.41) is 13.7. The number of carbonyl (C=O) groups is 6. The summed E-state index contributed by atoms with van der Waals surface area (Å²) in [4.78, 5) is 76.1. The Morgan fingerprint density at radius 2 is 1.52 bits per heavy atom. The molecule has 0 heterocycles. The zero-order chi connectivity index (χ0) is 31.4. The molecule has 226 valence electrons. The van der Waals surface area contributed by atoms with Crippen LogP contribution in [0, 0.1) is 5.92 Å². The van der Waals surface area contributed by atoms with Crippen molar-refractivity contribution in [3.8, 4) is 17.2 Å². The molecule has 0 spiro atoms. The van der Waals surface area contributed by atoms with Gasteiger partial charge in [0.1, 0.15) is 12.3 Å². The van der Waals surface area contributed by atoms with Crippen LogP contribution in [-0.4, -0.2) is 85.7 Å². The van der Waals surface area contributed by atoms with Crippen molar-refractivity contribution < 1.29 is 48.1 Å². The van der Waals surface area contributed by atoms with E-state index in [0.717, 1.165) is 4.90 Å². The van der Waals surface area contributed by atoms with Crippen molar-refractivity contribution >= 4 is 35.8 Å². The van der Waals surface area contributed by atoms with Gasteiger partial charge in [0.15, 0.2) is 11.5 Å². The van der Waals surface area contributed by atoms with Crippen molar-refractivity contribution in [3.05, 3.63) is 53.6 Å². The molecule has 2 aromatic carbocycles. The molecule has 0 aromatic heterocycles. The lowest BCUT2D eigenvalue weighted by Crippen LogP contribution is -2.54. The molecular weight excluding hydrogens is 550 g/mol. The first-order valence-corrected chi connectivity index (χ1v) is 12.9. The molecule has 0 bridgehead atoms. The second-order valence-electron chi connectivity index (χ2n) is 9.53. The Morgan fingerprint density at radius 3 is 2.00 bits per heavy atom. The number of ether oxygens (including phenoxy) is 3. The SMILES string of the molecule is COc1cc(C(=O)C(=O)NC(C(=O)N(CC(=O)NC(C=O)CC(=O)O)Cc2ccccc2)C(C)C)cc(OC)c1OC. The zero-order valence-electron chi connectivity index (χ0n) is 24.0. The summed E-state index contributed by atoms with van der Waals surface area (Å²) in [6, 6.07) is 8.82. The van der Waals surface area contributed by atoms with E-state index >= 15 is 0 Å². The fraction of sp³-hybridized carbons (Fsp3) is 0.379. The second-order valence-corrected chi connectivity index (χ2v) is 9.53. The van der Waals surface area contributed by atoms with Gasteiger partial charge < -0.3 is 39.6 Å². The van der Waals surface area contributed by atoms with E-state index in [9.17, 15) is 28.8 Å². The molecule has 2 unspecified atom stereocenters. The number of hydrogen-bond acceptors (Lipinski definition) is 9. The molecule has 3 amide bonds. The van der Waals surface area contributed by atoms with Gasteiger partial charge in [0.2, 0.25) is 23.3 Å². The van der Waals surface area contributed by atoms with Crippen LogP contribution in [0.2, 0.25) is 0 Å². The molecule has 42 heavy (non-hydrogen) atoms. The van der Waals surface area contributed by atoms with Gasteiger partial charge in [0.25, 0.3) is 5.91 Å². The Balaban J connectivity index is 2.33. The lowest BCUT2D eigenvalue weighted by molar-refractivity contribution is -0.142. The molecule has 2 rings (SSSR count). The molecular formula is C29H35N3O10. The van der Waals surface area contributed by atoms with Gasteiger partial charge in [0.05, 0.1) is 40.3 Å². The smallest absolute Gasteiger partial charge is 0.305 e. The van der Waals surface area contributed by atoms with Gasteiger partial charge in [-0.25, -0.2) is 0 Å². The van der Waals surface area contributed by atoms with E-state index in [2.05, 4.69) is 10.6 Å². The van der Waals surface area contributed by atoms with Gasteiger partial charge in [-0.05, 0) is 23.6 Å². The number of ketones is 1. The fourth-order valence-electron chi connectivity index (χ4n) is 4.02. The Hall–Kier alpha value is -4.94. The van der Waals surface area contributed by atoms with E-state index in [4.69, 9.17) is 19.3 Å². The highest BCUT2D eigenvalue weighted by Crippen LogP contribution is 2.38. The number of carbonyl (C=O) groups excluding carboxylic acids is 5. The molecule has 0 aliphatic rings. The number of carboxylic acid groups (broad SMARTS) is 1. The van der Waals surface area contributed by atoms with Crippen LogP contribution in [-0.2, 0) is 30.5 Å². The van der Waals surface area contributed by atoms with Crippen molar-refractivity contribution in [2.24, 2.45) is 5.92 Å². The standard InChI is InChI=1S/C29H35N3O10/c1-17(2)25(31-28(38)26(37)19-11-21(40-3)27(42-5)22(12-19)41-4)29(39)32(14-18-9-7-6-8-10-18)15-23(34)30-20(16-33)13-24(35)36/h6-12,16-17,20,25H,13-15H2,1-5H3,(H,30,34)(H,31,38)(H,35,36). The van der Waals surface area contributed by atoms with Crippen LogP contribution in [0.25, 0.3) is 0 Å². The average molecular weight is 586 g/mol. The third kappa shape index (κ3) is 9.04. The van der Waals surface area contributed by atoms with Crippen molar-refractivity contribution in [3.63, 3.8) is 0 Å². The number of rotatable bonds is 16. The van der Waals surface area contributed by atoms with Crippen LogP contribution in [0.15, 0.2) is 42.5 Å². The molecule has 0 aliphatic carbocycles. The summed E-state index contributed by atoms with van der Waals surface area (Å²) in [5.41, 5.74) is 0.592. The van der Waals surface area contributed by atoms with Gasteiger partial charge in [0, 0.05) is 12.1 Å². The number of nitrogens with zero attached hydrogens (tertiary/aromatic N) is 1. The van der Waals surface area contributed by atoms with Crippen LogP contribution < -0.4 is 24.8 Å². The van der Waals surface area contributed by atoms with Crippen molar-refractivity contribution in [2.45, 2.75) is 38.9 Å². The molecule has 2 aromatic rings. The molecule has 0 saturated carbocycles. The average Bonchev–Trinajstić information content (AvgIpc) is 2.97. The maximum Gasteiger partial charge on any atom is 0.305 e. The normalized spacial score (nSPS) is 12.0. The van der Waals surface area contributed by atoms with Crippen LogP contribution >= 0.6 is 0 Å². The van der Waals surface area contributed by atoms with E-state index in [1.807, 2.05) is 0 Å². The highest BCUT2D eigenvalue weighted by Gasteiger charge is 2.33. The molecule has 3 N–H and O–H groups in total. The topological polar surface area (TPSA) is 178 Å². The summed E-state index contributed by atoms with van der Waals surface area (Å²) in [5.74, 6) is -4.76. The van der Waals surface area contributed by atoms with Gasteiger partial charge >= 0.3 is 5.97 Å².